The minimum Gasteiger partial charge on any atom is -0.279 e. The van der Waals surface area contributed by atoms with Crippen molar-refractivity contribution >= 4 is 5.84 Å². The molecule has 0 aromatic heterocycles. The first-order chi connectivity index (χ1) is 9.37. The minimum atomic E-state index is 1.10. The summed E-state index contributed by atoms with van der Waals surface area (Å²) in [6.07, 6.45) is 15.3. The van der Waals surface area contributed by atoms with Crippen LogP contribution >= 0.6 is 0 Å². The lowest BCUT2D eigenvalue weighted by Crippen LogP contribution is -2.50. The number of rotatable bonds is 7. The van der Waals surface area contributed by atoms with Gasteiger partial charge in [-0.3, -0.25) is 4.48 Å². The lowest BCUT2D eigenvalue weighted by molar-refractivity contribution is -0.830. The monoisotopic (exact) mass is 265 g/mol. The van der Waals surface area contributed by atoms with E-state index < -0.39 is 0 Å². The molecule has 2 heterocycles. The van der Waals surface area contributed by atoms with Crippen LogP contribution in [0.25, 0.3) is 0 Å². The van der Waals surface area contributed by atoms with E-state index in [9.17, 15) is 0 Å². The molecule has 2 nitrogen and oxygen atoms in total. The van der Waals surface area contributed by atoms with Crippen LogP contribution in [0, 0.1) is 0 Å². The maximum Gasteiger partial charge on any atom is 0.198 e. The predicted molar refractivity (Wildman–Crippen MR) is 83.6 cm³/mol. The van der Waals surface area contributed by atoms with Crippen molar-refractivity contribution in [2.24, 2.45) is 4.99 Å². The van der Waals surface area contributed by atoms with Gasteiger partial charge in [-0.05, 0) is 19.3 Å². The SMILES string of the molecule is CCCCCCCCC1=NCCCC[N+]12CCCC2. The third kappa shape index (κ3) is 4.30. The topological polar surface area (TPSA) is 12.4 Å². The van der Waals surface area contributed by atoms with Gasteiger partial charge in [-0.1, -0.05) is 39.0 Å². The molecule has 0 aromatic carbocycles. The summed E-state index contributed by atoms with van der Waals surface area (Å²) >= 11 is 0. The second-order valence-corrected chi connectivity index (χ2v) is 6.55. The van der Waals surface area contributed by atoms with Gasteiger partial charge in [-0.25, -0.2) is 4.99 Å². The van der Waals surface area contributed by atoms with Crippen molar-refractivity contribution in [2.45, 2.75) is 77.6 Å². The molecule has 0 saturated carbocycles. The Morgan fingerprint density at radius 1 is 0.842 bits per heavy atom. The maximum atomic E-state index is 4.98. The molecule has 2 aliphatic heterocycles. The number of aliphatic imine (C=N–C) groups is 1. The van der Waals surface area contributed by atoms with Crippen molar-refractivity contribution in [2.75, 3.05) is 26.2 Å². The highest BCUT2D eigenvalue weighted by Gasteiger charge is 2.37. The molecule has 0 aromatic rings. The first-order valence-electron chi connectivity index (χ1n) is 8.77. The van der Waals surface area contributed by atoms with Gasteiger partial charge in [-0.15, -0.1) is 0 Å². The molecule has 0 aliphatic carbocycles. The van der Waals surface area contributed by atoms with Crippen LogP contribution in [0.4, 0.5) is 0 Å². The molecule has 2 rings (SSSR count). The maximum absolute atomic E-state index is 4.98. The summed E-state index contributed by atoms with van der Waals surface area (Å²) in [4.78, 5) is 4.98. The summed E-state index contributed by atoms with van der Waals surface area (Å²) in [6.45, 7) is 7.55. The van der Waals surface area contributed by atoms with E-state index in [2.05, 4.69) is 6.92 Å². The molecule has 2 aliphatic rings. The zero-order valence-corrected chi connectivity index (χ0v) is 13.0. The number of amidine groups is 1. The third-order valence-corrected chi connectivity index (χ3v) is 5.01. The summed E-state index contributed by atoms with van der Waals surface area (Å²) < 4.78 is 1.29. The number of nitrogens with zero attached hydrogens (tertiary/aromatic N) is 2. The van der Waals surface area contributed by atoms with Crippen LogP contribution in [0.2, 0.25) is 0 Å². The summed E-state index contributed by atoms with van der Waals surface area (Å²) in [5.41, 5.74) is 0. The highest BCUT2D eigenvalue weighted by atomic mass is 15.4. The molecule has 19 heavy (non-hydrogen) atoms. The van der Waals surface area contributed by atoms with Crippen molar-refractivity contribution in [3.63, 3.8) is 0 Å². The Kier molecular flexibility index (Phi) is 6.36. The molecule has 110 valence electrons. The Bertz CT molecular complexity index is 277. The average molecular weight is 265 g/mol. The van der Waals surface area contributed by atoms with Crippen molar-refractivity contribution in [3.05, 3.63) is 0 Å². The fourth-order valence-electron chi connectivity index (χ4n) is 3.82. The standard InChI is InChI=1S/C17H33N2/c1-2-3-4-5-6-7-12-17-18-13-8-9-14-19(17)15-10-11-16-19/h2-16H2,1H3/q+1. The zero-order valence-electron chi connectivity index (χ0n) is 13.0. The molecule has 1 spiro atoms. The molecule has 2 heteroatoms. The predicted octanol–water partition coefficient (Wildman–Crippen LogP) is 4.54. The second kappa shape index (κ2) is 8.04. The first kappa shape index (κ1) is 15.0. The van der Waals surface area contributed by atoms with E-state index in [1.54, 1.807) is 5.84 Å². The Labute approximate surface area is 119 Å². The molecule has 0 bridgehead atoms. The van der Waals surface area contributed by atoms with Crippen LogP contribution in [-0.4, -0.2) is 36.5 Å². The Morgan fingerprint density at radius 3 is 2.21 bits per heavy atom. The van der Waals surface area contributed by atoms with E-state index in [1.807, 2.05) is 0 Å². The van der Waals surface area contributed by atoms with E-state index in [-0.39, 0.29) is 0 Å². The molecular weight excluding hydrogens is 232 g/mol. The largest absolute Gasteiger partial charge is 0.279 e. The molecular formula is C17H33N2+. The highest BCUT2D eigenvalue weighted by molar-refractivity contribution is 5.76. The van der Waals surface area contributed by atoms with Gasteiger partial charge in [0.1, 0.15) is 0 Å². The van der Waals surface area contributed by atoms with Gasteiger partial charge in [0.15, 0.2) is 5.84 Å². The van der Waals surface area contributed by atoms with Crippen LogP contribution in [0.3, 0.4) is 0 Å². The lowest BCUT2D eigenvalue weighted by Gasteiger charge is -2.33. The normalized spacial score (nSPS) is 22.5. The lowest BCUT2D eigenvalue weighted by atomic mass is 10.1. The Balaban J connectivity index is 1.77. The fraction of sp³-hybridized carbons (Fsp3) is 0.941. The molecule has 1 saturated heterocycles. The highest BCUT2D eigenvalue weighted by Crippen LogP contribution is 2.26. The van der Waals surface area contributed by atoms with Gasteiger partial charge in [0.2, 0.25) is 0 Å². The van der Waals surface area contributed by atoms with Crippen LogP contribution in [0.1, 0.15) is 77.6 Å². The van der Waals surface area contributed by atoms with Gasteiger partial charge in [0, 0.05) is 25.8 Å². The van der Waals surface area contributed by atoms with Gasteiger partial charge < -0.3 is 0 Å². The van der Waals surface area contributed by atoms with Crippen LogP contribution < -0.4 is 0 Å². The van der Waals surface area contributed by atoms with Crippen LogP contribution in [0.5, 0.6) is 0 Å². The van der Waals surface area contributed by atoms with E-state index in [4.69, 9.17) is 4.99 Å². The Morgan fingerprint density at radius 2 is 1.47 bits per heavy atom. The van der Waals surface area contributed by atoms with Crippen molar-refractivity contribution < 1.29 is 4.48 Å². The third-order valence-electron chi connectivity index (χ3n) is 5.01. The van der Waals surface area contributed by atoms with Crippen LogP contribution in [-0.2, 0) is 0 Å². The fourth-order valence-corrected chi connectivity index (χ4v) is 3.82. The number of hydrogen-bond donors (Lipinski definition) is 0. The summed E-state index contributed by atoms with van der Waals surface area (Å²) in [6, 6.07) is 0. The van der Waals surface area contributed by atoms with Crippen molar-refractivity contribution in [3.8, 4) is 0 Å². The van der Waals surface area contributed by atoms with Crippen molar-refractivity contribution in [1.29, 1.82) is 0 Å². The second-order valence-electron chi connectivity index (χ2n) is 6.55. The molecule has 0 amide bonds. The molecule has 0 radical (unpaired) electrons. The first-order valence-corrected chi connectivity index (χ1v) is 8.77. The van der Waals surface area contributed by atoms with Gasteiger partial charge in [-0.2, -0.15) is 0 Å². The number of quaternary nitrogens is 1. The van der Waals surface area contributed by atoms with E-state index in [1.165, 1.54) is 94.7 Å². The van der Waals surface area contributed by atoms with E-state index >= 15 is 0 Å². The van der Waals surface area contributed by atoms with E-state index in [0.717, 1.165) is 6.54 Å². The molecule has 0 N–H and O–H groups in total. The van der Waals surface area contributed by atoms with Gasteiger partial charge in [0.25, 0.3) is 0 Å². The van der Waals surface area contributed by atoms with Gasteiger partial charge >= 0.3 is 0 Å². The Hall–Kier alpha value is -0.370. The molecule has 1 fully saturated rings. The molecule has 0 unspecified atom stereocenters. The number of unbranched alkanes of at least 4 members (excludes halogenated alkanes) is 5. The summed E-state index contributed by atoms with van der Waals surface area (Å²) in [7, 11) is 0. The summed E-state index contributed by atoms with van der Waals surface area (Å²) in [5, 5.41) is 0. The minimum absolute atomic E-state index is 1.10. The smallest absolute Gasteiger partial charge is 0.198 e. The molecule has 0 atom stereocenters. The number of hydrogen-bond acceptors (Lipinski definition) is 1. The zero-order chi connectivity index (χ0) is 13.4. The van der Waals surface area contributed by atoms with Gasteiger partial charge in [0.05, 0.1) is 19.6 Å². The van der Waals surface area contributed by atoms with Crippen LogP contribution in [0.15, 0.2) is 4.99 Å². The van der Waals surface area contributed by atoms with Crippen molar-refractivity contribution in [1.82, 2.24) is 0 Å². The quantitative estimate of drug-likeness (QED) is 0.473. The average Bonchev–Trinajstić information content (AvgIpc) is 2.80. The van der Waals surface area contributed by atoms with E-state index in [0.29, 0.717) is 0 Å². The summed E-state index contributed by atoms with van der Waals surface area (Å²) in [5.74, 6) is 1.57.